The Morgan fingerprint density at radius 1 is 1.39 bits per heavy atom. The van der Waals surface area contributed by atoms with Gasteiger partial charge in [0.05, 0.1) is 12.7 Å². The molecule has 1 aromatic carbocycles. The molecule has 0 atom stereocenters. The van der Waals surface area contributed by atoms with Crippen molar-refractivity contribution < 1.29 is 24.2 Å². The Hall–Kier alpha value is -3.31. The zero-order valence-corrected chi connectivity index (χ0v) is 16.0. The molecule has 2 N–H and O–H groups in total. The molecule has 144 valence electrons. The van der Waals surface area contributed by atoms with Gasteiger partial charge in [0.2, 0.25) is 0 Å². The van der Waals surface area contributed by atoms with Crippen LogP contribution in [0.5, 0.6) is 11.5 Å². The number of nitrogens with zero attached hydrogens (tertiary/aromatic N) is 1. The molecule has 0 fully saturated rings. The lowest BCUT2D eigenvalue weighted by molar-refractivity contribution is -0.142. The van der Waals surface area contributed by atoms with Gasteiger partial charge in [-0.3, -0.25) is 4.79 Å². The summed E-state index contributed by atoms with van der Waals surface area (Å²) in [6.07, 6.45) is 5.47. The SMILES string of the molecule is COc1cc(/C=C/C(=O)OCC(=O)Nc2sc3c(c2C#N)CCC3)ccc1O. The minimum absolute atomic E-state index is 0.00445. The minimum Gasteiger partial charge on any atom is -0.504 e. The Kier molecular flexibility index (Phi) is 5.96. The van der Waals surface area contributed by atoms with Gasteiger partial charge in [0.25, 0.3) is 5.91 Å². The third kappa shape index (κ3) is 4.32. The molecule has 0 saturated heterocycles. The number of nitrogens with one attached hydrogen (secondary N) is 1. The monoisotopic (exact) mass is 398 g/mol. The summed E-state index contributed by atoms with van der Waals surface area (Å²) in [5, 5.41) is 22.0. The number of benzene rings is 1. The van der Waals surface area contributed by atoms with Crippen LogP contribution in [-0.4, -0.2) is 30.7 Å². The fourth-order valence-corrected chi connectivity index (χ4v) is 4.18. The predicted octanol–water partition coefficient (Wildman–Crippen LogP) is 3.02. The molecule has 1 aliphatic rings. The maximum Gasteiger partial charge on any atom is 0.331 e. The fourth-order valence-electron chi connectivity index (χ4n) is 2.92. The zero-order chi connectivity index (χ0) is 20.1. The van der Waals surface area contributed by atoms with Gasteiger partial charge in [-0.05, 0) is 48.6 Å². The van der Waals surface area contributed by atoms with Gasteiger partial charge >= 0.3 is 5.97 Å². The number of amides is 1. The molecule has 0 aliphatic heterocycles. The van der Waals surface area contributed by atoms with E-state index in [2.05, 4.69) is 11.4 Å². The number of phenolic OH excluding ortho intramolecular Hbond substituents is 1. The number of thiophene rings is 1. The van der Waals surface area contributed by atoms with Crippen molar-refractivity contribution in [3.8, 4) is 17.6 Å². The van der Waals surface area contributed by atoms with Crippen molar-refractivity contribution in [2.45, 2.75) is 19.3 Å². The molecule has 7 nitrogen and oxygen atoms in total. The average molecular weight is 398 g/mol. The van der Waals surface area contributed by atoms with Crippen molar-refractivity contribution >= 4 is 34.3 Å². The number of fused-ring (bicyclic) bond motifs is 1. The Morgan fingerprint density at radius 3 is 2.96 bits per heavy atom. The molecule has 0 bridgehead atoms. The maximum atomic E-state index is 12.0. The van der Waals surface area contributed by atoms with Crippen LogP contribution < -0.4 is 10.1 Å². The van der Waals surface area contributed by atoms with Gasteiger partial charge in [-0.25, -0.2) is 4.79 Å². The average Bonchev–Trinajstić information content (AvgIpc) is 3.26. The topological polar surface area (TPSA) is 109 Å². The van der Waals surface area contributed by atoms with Gasteiger partial charge in [0.1, 0.15) is 11.1 Å². The van der Waals surface area contributed by atoms with E-state index in [1.807, 2.05) is 0 Å². The highest BCUT2D eigenvalue weighted by molar-refractivity contribution is 7.16. The number of carbonyl (C=O) groups excluding carboxylic acids is 2. The number of hydrogen-bond donors (Lipinski definition) is 2. The molecule has 8 heteroatoms. The normalized spacial score (nSPS) is 12.4. The van der Waals surface area contributed by atoms with E-state index in [1.165, 1.54) is 36.7 Å². The number of phenols is 1. The Bertz CT molecular complexity index is 987. The number of hydrogen-bond acceptors (Lipinski definition) is 7. The first kappa shape index (κ1) is 19.5. The lowest BCUT2D eigenvalue weighted by Gasteiger charge is -2.05. The van der Waals surface area contributed by atoms with Crippen LogP contribution in [0.1, 0.15) is 28.0 Å². The van der Waals surface area contributed by atoms with Crippen LogP contribution in [0, 0.1) is 11.3 Å². The summed E-state index contributed by atoms with van der Waals surface area (Å²) in [6.45, 7) is -0.449. The van der Waals surface area contributed by atoms with E-state index in [-0.39, 0.29) is 11.5 Å². The summed E-state index contributed by atoms with van der Waals surface area (Å²) >= 11 is 1.41. The smallest absolute Gasteiger partial charge is 0.331 e. The minimum atomic E-state index is -0.684. The van der Waals surface area contributed by atoms with Crippen molar-refractivity contribution in [1.29, 1.82) is 5.26 Å². The van der Waals surface area contributed by atoms with E-state index in [9.17, 15) is 20.0 Å². The summed E-state index contributed by atoms with van der Waals surface area (Å²) in [5.74, 6) is -0.901. The molecule has 2 aromatic rings. The summed E-state index contributed by atoms with van der Waals surface area (Å²) in [6, 6.07) is 6.76. The van der Waals surface area contributed by atoms with E-state index in [4.69, 9.17) is 9.47 Å². The fraction of sp³-hybridized carbons (Fsp3) is 0.250. The molecule has 0 unspecified atom stereocenters. The van der Waals surface area contributed by atoms with Gasteiger partial charge < -0.3 is 19.9 Å². The molecule has 0 spiro atoms. The Morgan fingerprint density at radius 2 is 2.21 bits per heavy atom. The molecule has 0 radical (unpaired) electrons. The lowest BCUT2D eigenvalue weighted by Crippen LogP contribution is -2.20. The number of ether oxygens (including phenoxy) is 2. The van der Waals surface area contributed by atoms with Crippen LogP contribution in [0.15, 0.2) is 24.3 Å². The molecular formula is C20H18N2O5S. The van der Waals surface area contributed by atoms with Crippen LogP contribution in [-0.2, 0) is 27.2 Å². The van der Waals surface area contributed by atoms with Crippen molar-refractivity contribution in [3.63, 3.8) is 0 Å². The van der Waals surface area contributed by atoms with E-state index >= 15 is 0 Å². The van der Waals surface area contributed by atoms with Crippen molar-refractivity contribution in [2.75, 3.05) is 19.0 Å². The number of carbonyl (C=O) groups is 2. The standard InChI is InChI=1S/C20H18N2O5S/c1-26-16-9-12(5-7-15(16)23)6-8-19(25)27-11-18(24)22-20-14(10-21)13-3-2-4-17(13)28-20/h5-9,23H,2-4,11H2,1H3,(H,22,24)/b8-6+. The number of anilines is 1. The molecule has 1 amide bonds. The lowest BCUT2D eigenvalue weighted by atomic mass is 10.1. The molecule has 3 rings (SSSR count). The van der Waals surface area contributed by atoms with Crippen molar-refractivity contribution in [3.05, 3.63) is 45.8 Å². The highest BCUT2D eigenvalue weighted by atomic mass is 32.1. The molecule has 1 aliphatic carbocycles. The largest absolute Gasteiger partial charge is 0.504 e. The second-order valence-electron chi connectivity index (χ2n) is 6.09. The second kappa shape index (κ2) is 8.59. The summed E-state index contributed by atoms with van der Waals surface area (Å²) < 4.78 is 9.93. The Balaban J connectivity index is 1.54. The first-order valence-corrected chi connectivity index (χ1v) is 9.39. The van der Waals surface area contributed by atoms with Gasteiger partial charge in [0.15, 0.2) is 18.1 Å². The molecule has 1 aromatic heterocycles. The van der Waals surface area contributed by atoms with Crippen LogP contribution in [0.25, 0.3) is 6.08 Å². The number of aromatic hydroxyl groups is 1. The van der Waals surface area contributed by atoms with E-state index in [1.54, 1.807) is 12.1 Å². The van der Waals surface area contributed by atoms with Crippen LogP contribution in [0.2, 0.25) is 0 Å². The molecular weight excluding hydrogens is 380 g/mol. The summed E-state index contributed by atoms with van der Waals surface area (Å²) in [5.41, 5.74) is 2.16. The number of methoxy groups -OCH3 is 1. The highest BCUT2D eigenvalue weighted by Gasteiger charge is 2.23. The first-order chi connectivity index (χ1) is 13.5. The van der Waals surface area contributed by atoms with Crippen molar-refractivity contribution in [2.24, 2.45) is 0 Å². The number of esters is 1. The van der Waals surface area contributed by atoms with Crippen LogP contribution in [0.3, 0.4) is 0 Å². The Labute approximate surface area is 165 Å². The summed E-state index contributed by atoms with van der Waals surface area (Å²) in [7, 11) is 1.43. The van der Waals surface area contributed by atoms with Gasteiger partial charge in [0, 0.05) is 11.0 Å². The summed E-state index contributed by atoms with van der Waals surface area (Å²) in [4.78, 5) is 25.0. The quantitative estimate of drug-likeness (QED) is 0.572. The second-order valence-corrected chi connectivity index (χ2v) is 7.20. The van der Waals surface area contributed by atoms with Crippen LogP contribution >= 0.6 is 11.3 Å². The molecule has 28 heavy (non-hydrogen) atoms. The third-order valence-electron chi connectivity index (χ3n) is 4.25. The number of aryl methyl sites for hydroxylation is 1. The van der Waals surface area contributed by atoms with Crippen LogP contribution in [0.4, 0.5) is 5.00 Å². The maximum absolute atomic E-state index is 12.0. The predicted molar refractivity (Wildman–Crippen MR) is 104 cm³/mol. The number of rotatable bonds is 6. The highest BCUT2D eigenvalue weighted by Crippen LogP contribution is 2.38. The van der Waals surface area contributed by atoms with E-state index < -0.39 is 18.5 Å². The third-order valence-corrected chi connectivity index (χ3v) is 5.45. The van der Waals surface area contributed by atoms with Gasteiger partial charge in [-0.1, -0.05) is 6.07 Å². The molecule has 1 heterocycles. The molecule has 0 saturated carbocycles. The van der Waals surface area contributed by atoms with Gasteiger partial charge in [-0.15, -0.1) is 11.3 Å². The zero-order valence-electron chi connectivity index (χ0n) is 15.2. The van der Waals surface area contributed by atoms with E-state index in [0.717, 1.165) is 29.7 Å². The first-order valence-electron chi connectivity index (χ1n) is 8.58. The number of nitriles is 1. The van der Waals surface area contributed by atoms with Gasteiger partial charge in [-0.2, -0.15) is 5.26 Å². The van der Waals surface area contributed by atoms with E-state index in [0.29, 0.717) is 16.1 Å². The van der Waals surface area contributed by atoms with Crippen molar-refractivity contribution in [1.82, 2.24) is 0 Å².